The van der Waals surface area contributed by atoms with Crippen LogP contribution in [0.4, 0.5) is 0 Å². The molecule has 0 aromatic heterocycles. The summed E-state index contributed by atoms with van der Waals surface area (Å²) in [5.74, 6) is -0.833. The molecule has 0 heterocycles. The average Bonchev–Trinajstić information content (AvgIpc) is 2.53. The van der Waals surface area contributed by atoms with E-state index in [4.69, 9.17) is 0 Å². The van der Waals surface area contributed by atoms with Crippen LogP contribution in [-0.2, 0) is 16.0 Å². The Morgan fingerprint density at radius 2 is 1.86 bits per heavy atom. The lowest BCUT2D eigenvalue weighted by Crippen LogP contribution is -2.44. The maximum atomic E-state index is 12.0. The maximum absolute atomic E-state index is 12.0. The van der Waals surface area contributed by atoms with Gasteiger partial charge in [-0.15, -0.1) is 0 Å². The van der Waals surface area contributed by atoms with Crippen molar-refractivity contribution in [1.82, 2.24) is 5.32 Å². The first-order chi connectivity index (χ1) is 10.5. The molecule has 1 aliphatic carbocycles. The first kappa shape index (κ1) is 16.5. The van der Waals surface area contributed by atoms with Crippen LogP contribution in [0.15, 0.2) is 24.3 Å². The van der Waals surface area contributed by atoms with Gasteiger partial charge in [0.15, 0.2) is 0 Å². The van der Waals surface area contributed by atoms with Crippen LogP contribution in [0.2, 0.25) is 0 Å². The summed E-state index contributed by atoms with van der Waals surface area (Å²) >= 11 is 0. The number of carboxylic acids is 1. The molecule has 1 saturated carbocycles. The Morgan fingerprint density at radius 3 is 2.50 bits per heavy atom. The van der Waals surface area contributed by atoms with E-state index >= 15 is 0 Å². The highest BCUT2D eigenvalue weighted by atomic mass is 16.4. The normalized spacial score (nSPS) is 17.0. The third-order valence-corrected chi connectivity index (χ3v) is 4.77. The van der Waals surface area contributed by atoms with Gasteiger partial charge >= 0.3 is 5.97 Å². The Labute approximate surface area is 131 Å². The van der Waals surface area contributed by atoms with Gasteiger partial charge in [-0.05, 0) is 37.3 Å². The zero-order chi connectivity index (χ0) is 16.0. The molecule has 0 bridgehead atoms. The lowest BCUT2D eigenvalue weighted by molar-refractivity contribution is -0.151. The minimum Gasteiger partial charge on any atom is -0.481 e. The van der Waals surface area contributed by atoms with Gasteiger partial charge in [-0.2, -0.15) is 0 Å². The van der Waals surface area contributed by atoms with Crippen molar-refractivity contribution in [3.8, 4) is 0 Å². The average molecular weight is 303 g/mol. The van der Waals surface area contributed by atoms with Crippen molar-refractivity contribution >= 4 is 11.9 Å². The summed E-state index contributed by atoms with van der Waals surface area (Å²) in [6.07, 6.45) is 5.40. The quantitative estimate of drug-likeness (QED) is 0.848. The zero-order valence-corrected chi connectivity index (χ0v) is 13.2. The summed E-state index contributed by atoms with van der Waals surface area (Å²) in [6, 6.07) is 8.03. The van der Waals surface area contributed by atoms with Gasteiger partial charge in [0.2, 0.25) is 5.91 Å². The van der Waals surface area contributed by atoms with Crippen molar-refractivity contribution in [2.75, 3.05) is 6.54 Å². The predicted octanol–water partition coefficient (Wildman–Crippen LogP) is 3.08. The van der Waals surface area contributed by atoms with Crippen molar-refractivity contribution in [1.29, 1.82) is 0 Å². The molecule has 1 aromatic carbocycles. The number of nitrogens with one attached hydrogen (secondary N) is 1. The number of aliphatic carboxylic acids is 1. The van der Waals surface area contributed by atoms with Crippen molar-refractivity contribution in [3.05, 3.63) is 35.4 Å². The highest BCUT2D eigenvalue weighted by Gasteiger charge is 2.39. The van der Waals surface area contributed by atoms with E-state index in [0.717, 1.165) is 19.3 Å². The van der Waals surface area contributed by atoms with E-state index in [1.807, 2.05) is 31.2 Å². The molecule has 2 N–H and O–H groups in total. The van der Waals surface area contributed by atoms with Crippen LogP contribution in [0.25, 0.3) is 0 Å². The fourth-order valence-electron chi connectivity index (χ4n) is 3.19. The van der Waals surface area contributed by atoms with E-state index in [-0.39, 0.29) is 12.5 Å². The molecular formula is C18H25NO3. The Bertz CT molecular complexity index is 533. The third-order valence-electron chi connectivity index (χ3n) is 4.77. The summed E-state index contributed by atoms with van der Waals surface area (Å²) in [5.41, 5.74) is 1.60. The standard InChI is InChI=1S/C18H25NO3/c1-14-7-3-4-8-15(14)9-10-16(20)19-13-18(17(21)22)11-5-2-6-12-18/h3-4,7-8H,2,5-6,9-13H2,1H3,(H,19,20)(H,21,22). The van der Waals surface area contributed by atoms with Gasteiger partial charge in [0.05, 0.1) is 5.41 Å². The highest BCUT2D eigenvalue weighted by molar-refractivity contribution is 5.79. The van der Waals surface area contributed by atoms with Gasteiger partial charge in [0, 0.05) is 13.0 Å². The molecule has 1 fully saturated rings. The number of aryl methyl sites for hydroxylation is 2. The highest BCUT2D eigenvalue weighted by Crippen LogP contribution is 2.36. The smallest absolute Gasteiger partial charge is 0.311 e. The first-order valence-corrected chi connectivity index (χ1v) is 8.08. The molecule has 2 rings (SSSR count). The summed E-state index contributed by atoms with van der Waals surface area (Å²) < 4.78 is 0. The molecule has 0 saturated heterocycles. The van der Waals surface area contributed by atoms with Crippen LogP contribution in [0.5, 0.6) is 0 Å². The van der Waals surface area contributed by atoms with E-state index < -0.39 is 11.4 Å². The van der Waals surface area contributed by atoms with Gasteiger partial charge in [-0.25, -0.2) is 0 Å². The Balaban J connectivity index is 1.84. The van der Waals surface area contributed by atoms with Crippen LogP contribution in [-0.4, -0.2) is 23.5 Å². The molecule has 0 aliphatic heterocycles. The molecule has 22 heavy (non-hydrogen) atoms. The van der Waals surface area contributed by atoms with Crippen molar-refractivity contribution in [2.24, 2.45) is 5.41 Å². The first-order valence-electron chi connectivity index (χ1n) is 8.08. The topological polar surface area (TPSA) is 66.4 Å². The minimum absolute atomic E-state index is 0.0607. The summed E-state index contributed by atoms with van der Waals surface area (Å²) in [4.78, 5) is 23.6. The molecule has 1 aromatic rings. The molecule has 0 unspecified atom stereocenters. The predicted molar refractivity (Wildman–Crippen MR) is 85.7 cm³/mol. The number of carboxylic acid groups (broad SMARTS) is 1. The van der Waals surface area contributed by atoms with Crippen molar-refractivity contribution in [3.63, 3.8) is 0 Å². The van der Waals surface area contributed by atoms with Gasteiger partial charge in [0.1, 0.15) is 0 Å². The van der Waals surface area contributed by atoms with Crippen LogP contribution < -0.4 is 5.32 Å². The monoisotopic (exact) mass is 303 g/mol. The fourth-order valence-corrected chi connectivity index (χ4v) is 3.19. The number of hydrogen-bond donors (Lipinski definition) is 2. The Kier molecular flexibility index (Phi) is 5.58. The summed E-state index contributed by atoms with van der Waals surface area (Å²) in [7, 11) is 0. The Morgan fingerprint density at radius 1 is 1.18 bits per heavy atom. The van der Waals surface area contributed by atoms with Gasteiger partial charge in [0.25, 0.3) is 0 Å². The second-order valence-corrected chi connectivity index (χ2v) is 6.35. The second kappa shape index (κ2) is 7.43. The number of rotatable bonds is 6. The lowest BCUT2D eigenvalue weighted by Gasteiger charge is -2.33. The maximum Gasteiger partial charge on any atom is 0.311 e. The number of carbonyl (C=O) groups excluding carboxylic acids is 1. The minimum atomic E-state index is -0.772. The third kappa shape index (κ3) is 4.09. The van der Waals surface area contributed by atoms with Crippen LogP contribution in [0, 0.1) is 12.3 Å². The van der Waals surface area contributed by atoms with Crippen molar-refractivity contribution < 1.29 is 14.7 Å². The van der Waals surface area contributed by atoms with Gasteiger partial charge < -0.3 is 10.4 Å². The molecule has 1 aliphatic rings. The molecule has 0 radical (unpaired) electrons. The fraction of sp³-hybridized carbons (Fsp3) is 0.556. The molecule has 1 amide bonds. The van der Waals surface area contributed by atoms with Crippen LogP contribution in [0.3, 0.4) is 0 Å². The van der Waals surface area contributed by atoms with Gasteiger partial charge in [-0.3, -0.25) is 9.59 Å². The van der Waals surface area contributed by atoms with E-state index in [0.29, 0.717) is 25.7 Å². The second-order valence-electron chi connectivity index (χ2n) is 6.35. The molecule has 120 valence electrons. The van der Waals surface area contributed by atoms with E-state index in [1.54, 1.807) is 0 Å². The SMILES string of the molecule is Cc1ccccc1CCC(=O)NCC1(C(=O)O)CCCCC1. The number of carbonyl (C=O) groups is 2. The molecule has 0 spiro atoms. The molecular weight excluding hydrogens is 278 g/mol. The largest absolute Gasteiger partial charge is 0.481 e. The summed E-state index contributed by atoms with van der Waals surface area (Å²) in [6.45, 7) is 2.30. The number of benzene rings is 1. The van der Waals surface area contributed by atoms with Crippen molar-refractivity contribution in [2.45, 2.75) is 51.9 Å². The molecule has 4 heteroatoms. The lowest BCUT2D eigenvalue weighted by atomic mass is 9.74. The Hall–Kier alpha value is -1.84. The number of hydrogen-bond acceptors (Lipinski definition) is 2. The van der Waals surface area contributed by atoms with E-state index in [1.165, 1.54) is 11.1 Å². The summed E-state index contributed by atoms with van der Waals surface area (Å²) in [5, 5.41) is 12.3. The van der Waals surface area contributed by atoms with Crippen LogP contribution in [0.1, 0.15) is 49.7 Å². The molecule has 0 atom stereocenters. The van der Waals surface area contributed by atoms with Crippen LogP contribution >= 0.6 is 0 Å². The number of amides is 1. The van der Waals surface area contributed by atoms with Gasteiger partial charge in [-0.1, -0.05) is 43.5 Å². The molecule has 4 nitrogen and oxygen atoms in total. The zero-order valence-electron chi connectivity index (χ0n) is 13.2. The van der Waals surface area contributed by atoms with E-state index in [9.17, 15) is 14.7 Å². The van der Waals surface area contributed by atoms with E-state index in [2.05, 4.69) is 5.32 Å².